The minimum absolute atomic E-state index is 0.376. The van der Waals surface area contributed by atoms with E-state index < -0.39 is 0 Å². The lowest BCUT2D eigenvalue weighted by Crippen LogP contribution is -2.03. The summed E-state index contributed by atoms with van der Waals surface area (Å²) in [5, 5.41) is 9.39. The summed E-state index contributed by atoms with van der Waals surface area (Å²) in [6.45, 7) is 4.57. The summed E-state index contributed by atoms with van der Waals surface area (Å²) in [4.78, 5) is 0. The summed E-state index contributed by atoms with van der Waals surface area (Å²) in [6.07, 6.45) is 17.8. The Morgan fingerprint density at radius 3 is 1.78 bits per heavy atom. The van der Waals surface area contributed by atoms with E-state index in [9.17, 15) is 5.11 Å². The Labute approximate surface area is 144 Å². The van der Waals surface area contributed by atoms with Gasteiger partial charge in [0.1, 0.15) is 5.75 Å². The van der Waals surface area contributed by atoms with Crippen molar-refractivity contribution in [3.63, 3.8) is 0 Å². The summed E-state index contributed by atoms with van der Waals surface area (Å²) in [5.41, 5.74) is 1.37. The highest BCUT2D eigenvalue weighted by Crippen LogP contribution is 2.24. The molecule has 0 heterocycles. The maximum atomic E-state index is 9.39. The van der Waals surface area contributed by atoms with Gasteiger partial charge in [0.2, 0.25) is 0 Å². The summed E-state index contributed by atoms with van der Waals surface area (Å²) >= 11 is 0. The minimum atomic E-state index is 0.376. The highest BCUT2D eigenvalue weighted by atomic mass is 16.3. The molecule has 0 radical (unpaired) electrons. The maximum absolute atomic E-state index is 9.39. The number of rotatable bonds is 14. The second-order valence-corrected chi connectivity index (χ2v) is 7.12. The first-order valence-electron chi connectivity index (χ1n) is 10.0. The molecule has 1 heteroatoms. The largest absolute Gasteiger partial charge is 0.508 e. The third-order valence-corrected chi connectivity index (χ3v) is 4.96. The predicted molar refractivity (Wildman–Crippen MR) is 102 cm³/mol. The van der Waals surface area contributed by atoms with Crippen molar-refractivity contribution >= 4 is 0 Å². The van der Waals surface area contributed by atoms with Crippen molar-refractivity contribution in [1.29, 1.82) is 0 Å². The van der Waals surface area contributed by atoms with Crippen LogP contribution in [-0.2, 0) is 6.42 Å². The Bertz CT molecular complexity index is 368. The molecule has 1 N–H and O–H groups in total. The van der Waals surface area contributed by atoms with E-state index >= 15 is 0 Å². The lowest BCUT2D eigenvalue weighted by molar-refractivity contribution is 0.382. The van der Waals surface area contributed by atoms with Gasteiger partial charge in [-0.1, -0.05) is 96.6 Å². The monoisotopic (exact) mass is 318 g/mol. The molecule has 0 aliphatic heterocycles. The minimum Gasteiger partial charge on any atom is -0.508 e. The number of hydrogen-bond donors (Lipinski definition) is 1. The van der Waals surface area contributed by atoms with E-state index in [0.29, 0.717) is 5.75 Å². The summed E-state index contributed by atoms with van der Waals surface area (Å²) in [5.74, 6) is 1.27. The highest BCUT2D eigenvalue weighted by Gasteiger charge is 2.09. The van der Waals surface area contributed by atoms with Gasteiger partial charge < -0.3 is 5.11 Å². The van der Waals surface area contributed by atoms with Crippen molar-refractivity contribution in [2.45, 2.75) is 97.3 Å². The lowest BCUT2D eigenvalue weighted by atomic mass is 9.89. The Morgan fingerprint density at radius 2 is 1.22 bits per heavy atom. The number of aryl methyl sites for hydroxylation is 1. The molecule has 1 aromatic carbocycles. The fourth-order valence-electron chi connectivity index (χ4n) is 3.36. The second kappa shape index (κ2) is 13.5. The second-order valence-electron chi connectivity index (χ2n) is 7.12. The summed E-state index contributed by atoms with van der Waals surface area (Å²) < 4.78 is 0. The van der Waals surface area contributed by atoms with E-state index in [2.05, 4.69) is 26.0 Å². The lowest BCUT2D eigenvalue weighted by Gasteiger charge is -2.17. The van der Waals surface area contributed by atoms with E-state index in [1.165, 1.54) is 82.6 Å². The molecule has 0 aromatic heterocycles. The van der Waals surface area contributed by atoms with Gasteiger partial charge in [-0.3, -0.25) is 0 Å². The van der Waals surface area contributed by atoms with Crippen molar-refractivity contribution in [2.75, 3.05) is 0 Å². The molecule has 1 unspecified atom stereocenters. The zero-order chi connectivity index (χ0) is 16.8. The van der Waals surface area contributed by atoms with Crippen LogP contribution in [0, 0.1) is 5.92 Å². The standard InChI is InChI=1S/C22H38O/c1-3-5-7-9-11-13-20(12-10-8-6-4-2)14-15-21-16-18-22(23)19-17-21/h16-20,23H,3-15H2,1-2H3. The van der Waals surface area contributed by atoms with Gasteiger partial charge in [0.25, 0.3) is 0 Å². The van der Waals surface area contributed by atoms with Crippen LogP contribution >= 0.6 is 0 Å². The van der Waals surface area contributed by atoms with Gasteiger partial charge in [-0.05, 0) is 36.5 Å². The van der Waals surface area contributed by atoms with Crippen molar-refractivity contribution in [3.8, 4) is 5.75 Å². The zero-order valence-corrected chi connectivity index (χ0v) is 15.5. The fraction of sp³-hybridized carbons (Fsp3) is 0.727. The Hall–Kier alpha value is -0.980. The zero-order valence-electron chi connectivity index (χ0n) is 15.5. The molecule has 1 nitrogen and oxygen atoms in total. The molecule has 23 heavy (non-hydrogen) atoms. The van der Waals surface area contributed by atoms with Gasteiger partial charge in [-0.25, -0.2) is 0 Å². The van der Waals surface area contributed by atoms with Crippen LogP contribution in [0.2, 0.25) is 0 Å². The normalized spacial score (nSPS) is 12.4. The van der Waals surface area contributed by atoms with Crippen LogP contribution in [0.4, 0.5) is 0 Å². The van der Waals surface area contributed by atoms with Gasteiger partial charge >= 0.3 is 0 Å². The van der Waals surface area contributed by atoms with Crippen molar-refractivity contribution in [1.82, 2.24) is 0 Å². The first-order chi connectivity index (χ1) is 11.3. The molecule has 0 saturated heterocycles. The molecular formula is C22H38O. The van der Waals surface area contributed by atoms with Crippen molar-refractivity contribution < 1.29 is 5.11 Å². The van der Waals surface area contributed by atoms with Gasteiger partial charge in [-0.2, -0.15) is 0 Å². The Morgan fingerprint density at radius 1 is 0.696 bits per heavy atom. The van der Waals surface area contributed by atoms with Crippen LogP contribution in [0.1, 0.15) is 96.5 Å². The van der Waals surface area contributed by atoms with E-state index in [1.807, 2.05) is 12.1 Å². The van der Waals surface area contributed by atoms with Crippen LogP contribution in [0.5, 0.6) is 5.75 Å². The smallest absolute Gasteiger partial charge is 0.115 e. The number of hydrogen-bond acceptors (Lipinski definition) is 1. The quantitative estimate of drug-likeness (QED) is 0.357. The molecule has 0 fully saturated rings. The van der Waals surface area contributed by atoms with Gasteiger partial charge in [0, 0.05) is 0 Å². The number of unbranched alkanes of at least 4 members (excludes halogenated alkanes) is 7. The molecular weight excluding hydrogens is 280 g/mol. The van der Waals surface area contributed by atoms with Crippen LogP contribution in [-0.4, -0.2) is 5.11 Å². The van der Waals surface area contributed by atoms with Crippen molar-refractivity contribution in [3.05, 3.63) is 29.8 Å². The van der Waals surface area contributed by atoms with E-state index in [1.54, 1.807) is 0 Å². The Kier molecular flexibility index (Phi) is 11.7. The topological polar surface area (TPSA) is 20.2 Å². The van der Waals surface area contributed by atoms with Gasteiger partial charge in [0.15, 0.2) is 0 Å². The molecule has 0 spiro atoms. The molecule has 132 valence electrons. The SMILES string of the molecule is CCCCCCCC(CCCCCC)CCc1ccc(O)cc1. The number of aromatic hydroxyl groups is 1. The van der Waals surface area contributed by atoms with Crippen LogP contribution < -0.4 is 0 Å². The predicted octanol–water partition coefficient (Wildman–Crippen LogP) is 7.27. The first kappa shape index (κ1) is 20.1. The summed E-state index contributed by atoms with van der Waals surface area (Å²) in [6, 6.07) is 7.78. The molecule has 0 amide bonds. The molecule has 0 aliphatic rings. The third kappa shape index (κ3) is 10.4. The molecule has 1 atom stereocenters. The van der Waals surface area contributed by atoms with Crippen LogP contribution in [0.25, 0.3) is 0 Å². The summed E-state index contributed by atoms with van der Waals surface area (Å²) in [7, 11) is 0. The van der Waals surface area contributed by atoms with Gasteiger partial charge in [-0.15, -0.1) is 0 Å². The molecule has 0 saturated carbocycles. The average molecular weight is 319 g/mol. The first-order valence-corrected chi connectivity index (χ1v) is 10.0. The molecule has 1 aromatic rings. The Balaban J connectivity index is 2.31. The van der Waals surface area contributed by atoms with E-state index in [4.69, 9.17) is 0 Å². The number of benzene rings is 1. The molecule has 0 bridgehead atoms. The highest BCUT2D eigenvalue weighted by molar-refractivity contribution is 5.25. The van der Waals surface area contributed by atoms with E-state index in [-0.39, 0.29) is 0 Å². The van der Waals surface area contributed by atoms with Crippen LogP contribution in [0.15, 0.2) is 24.3 Å². The van der Waals surface area contributed by atoms with Crippen molar-refractivity contribution in [2.24, 2.45) is 5.92 Å². The number of phenolic OH excluding ortho intramolecular Hbond substituents is 1. The average Bonchev–Trinajstić information content (AvgIpc) is 2.57. The third-order valence-electron chi connectivity index (χ3n) is 4.96. The fourth-order valence-corrected chi connectivity index (χ4v) is 3.36. The molecule has 0 aliphatic carbocycles. The van der Waals surface area contributed by atoms with Crippen LogP contribution in [0.3, 0.4) is 0 Å². The molecule has 1 rings (SSSR count). The number of phenols is 1. The van der Waals surface area contributed by atoms with Gasteiger partial charge in [0.05, 0.1) is 0 Å². The maximum Gasteiger partial charge on any atom is 0.115 e. The van der Waals surface area contributed by atoms with E-state index in [0.717, 1.165) is 12.3 Å².